The molecular weight excluding hydrogens is 248 g/mol. The Morgan fingerprint density at radius 1 is 1.37 bits per heavy atom. The quantitative estimate of drug-likeness (QED) is 0.424. The second-order valence-electron chi connectivity index (χ2n) is 3.61. The van der Waals surface area contributed by atoms with Crippen molar-refractivity contribution in [3.05, 3.63) is 28.8 Å². The van der Waals surface area contributed by atoms with E-state index in [1.165, 1.54) is 12.1 Å². The van der Waals surface area contributed by atoms with Crippen LogP contribution in [0.15, 0.2) is 22.1 Å². The number of hydrogen-bond acceptors (Lipinski definition) is 3. The van der Waals surface area contributed by atoms with E-state index >= 15 is 0 Å². The van der Waals surface area contributed by atoms with Crippen LogP contribution in [-0.2, 0) is 0 Å². The van der Waals surface area contributed by atoms with Crippen LogP contribution >= 0.6 is 0 Å². The Balaban J connectivity index is 3.47. The highest BCUT2D eigenvalue weighted by atomic mass is 16.4. The Bertz CT molecular complexity index is 623. The van der Waals surface area contributed by atoms with Crippen molar-refractivity contribution in [1.82, 2.24) is 0 Å². The molecule has 1 rings (SSSR count). The molecule has 0 saturated heterocycles. The molecule has 8 heteroatoms. The van der Waals surface area contributed by atoms with Crippen LogP contribution in [-0.4, -0.2) is 23.0 Å². The van der Waals surface area contributed by atoms with Gasteiger partial charge in [-0.3, -0.25) is 0 Å². The van der Waals surface area contributed by atoms with Crippen molar-refractivity contribution in [2.75, 3.05) is 0 Å². The van der Waals surface area contributed by atoms with Gasteiger partial charge >= 0.3 is 5.97 Å². The molecule has 0 bridgehead atoms. The number of aromatic carboxylic acids is 1. The molecule has 0 amide bonds. The van der Waals surface area contributed by atoms with E-state index in [4.69, 9.17) is 27.6 Å². The van der Waals surface area contributed by atoms with Crippen LogP contribution in [0.1, 0.15) is 21.5 Å². The standard InChI is InChI=1S/C11H12N6O2/c1-5-2-6(4-12)3-7(9(18)19)8(5)16-11(15)17-10(13)14/h2-3H,1H3,(H,18,19)(H6,13,14,15,16,17). The average molecular weight is 260 g/mol. The summed E-state index contributed by atoms with van der Waals surface area (Å²) in [4.78, 5) is 18.5. The highest BCUT2D eigenvalue weighted by molar-refractivity contribution is 5.98. The molecule has 0 heterocycles. The number of aryl methyl sites for hydroxylation is 1. The first kappa shape index (κ1) is 14.0. The molecule has 0 aromatic heterocycles. The maximum atomic E-state index is 11.1. The summed E-state index contributed by atoms with van der Waals surface area (Å²) in [6.45, 7) is 1.61. The Morgan fingerprint density at radius 2 is 2.00 bits per heavy atom. The monoisotopic (exact) mass is 260 g/mol. The highest BCUT2D eigenvalue weighted by Crippen LogP contribution is 2.26. The summed E-state index contributed by atoms with van der Waals surface area (Å²) in [6, 6.07) is 4.56. The second kappa shape index (κ2) is 5.50. The zero-order valence-electron chi connectivity index (χ0n) is 10.1. The summed E-state index contributed by atoms with van der Waals surface area (Å²) in [6.07, 6.45) is 0. The summed E-state index contributed by atoms with van der Waals surface area (Å²) in [5.41, 5.74) is 16.4. The third-order valence-corrected chi connectivity index (χ3v) is 2.13. The fourth-order valence-electron chi connectivity index (χ4n) is 1.43. The smallest absolute Gasteiger partial charge is 0.337 e. The molecule has 7 N–H and O–H groups in total. The van der Waals surface area contributed by atoms with Gasteiger partial charge < -0.3 is 22.3 Å². The number of hydrogen-bond donors (Lipinski definition) is 4. The summed E-state index contributed by atoms with van der Waals surface area (Å²) >= 11 is 0. The number of nitrogens with two attached hydrogens (primary N) is 3. The normalized spacial score (nSPS) is 10.6. The number of guanidine groups is 2. The molecule has 0 aliphatic heterocycles. The number of carboxylic acid groups (broad SMARTS) is 1. The van der Waals surface area contributed by atoms with E-state index in [0.29, 0.717) is 5.56 Å². The minimum atomic E-state index is -1.23. The van der Waals surface area contributed by atoms with Crippen molar-refractivity contribution in [3.8, 4) is 6.07 Å². The predicted molar refractivity (Wildman–Crippen MR) is 69.9 cm³/mol. The number of carbonyl (C=O) groups is 1. The fourth-order valence-corrected chi connectivity index (χ4v) is 1.43. The van der Waals surface area contributed by atoms with E-state index in [1.54, 1.807) is 6.92 Å². The fraction of sp³-hybridized carbons (Fsp3) is 0.0909. The van der Waals surface area contributed by atoms with Crippen LogP contribution < -0.4 is 17.2 Å². The molecule has 0 aliphatic rings. The SMILES string of the molecule is Cc1cc(C#N)cc(C(=O)O)c1N=C(N)N=C(N)N. The number of carboxylic acids is 1. The van der Waals surface area contributed by atoms with Crippen molar-refractivity contribution in [2.45, 2.75) is 6.92 Å². The lowest BCUT2D eigenvalue weighted by Crippen LogP contribution is -2.26. The average Bonchev–Trinajstić information content (AvgIpc) is 2.29. The van der Waals surface area contributed by atoms with Gasteiger partial charge in [0.05, 0.1) is 22.9 Å². The predicted octanol–water partition coefficient (Wildman–Crippen LogP) is -0.215. The van der Waals surface area contributed by atoms with Crippen LogP contribution in [0.4, 0.5) is 5.69 Å². The van der Waals surface area contributed by atoms with Gasteiger partial charge in [0.2, 0.25) is 5.96 Å². The van der Waals surface area contributed by atoms with E-state index in [1.807, 2.05) is 6.07 Å². The van der Waals surface area contributed by atoms with E-state index in [2.05, 4.69) is 9.98 Å². The Hall–Kier alpha value is -3.08. The Morgan fingerprint density at radius 3 is 2.47 bits per heavy atom. The van der Waals surface area contributed by atoms with Gasteiger partial charge in [-0.2, -0.15) is 10.3 Å². The molecule has 0 radical (unpaired) electrons. The van der Waals surface area contributed by atoms with Crippen LogP contribution in [0.3, 0.4) is 0 Å². The molecule has 1 aromatic rings. The molecular formula is C11H12N6O2. The first-order chi connectivity index (χ1) is 8.85. The van der Waals surface area contributed by atoms with Crippen molar-refractivity contribution < 1.29 is 9.90 Å². The van der Waals surface area contributed by atoms with Gasteiger partial charge in [0.25, 0.3) is 0 Å². The summed E-state index contributed by atoms with van der Waals surface area (Å²) in [5, 5.41) is 17.9. The van der Waals surface area contributed by atoms with E-state index in [0.717, 1.165) is 0 Å². The van der Waals surface area contributed by atoms with E-state index < -0.39 is 5.97 Å². The lowest BCUT2D eigenvalue weighted by Gasteiger charge is -2.06. The van der Waals surface area contributed by atoms with Gasteiger partial charge in [-0.1, -0.05) is 0 Å². The Kier molecular flexibility index (Phi) is 4.05. The molecule has 8 nitrogen and oxygen atoms in total. The number of nitrogens with zero attached hydrogens (tertiary/aromatic N) is 3. The van der Waals surface area contributed by atoms with Crippen LogP contribution in [0.5, 0.6) is 0 Å². The minimum Gasteiger partial charge on any atom is -0.478 e. The lowest BCUT2D eigenvalue weighted by atomic mass is 10.0. The first-order valence-electron chi connectivity index (χ1n) is 5.07. The summed E-state index contributed by atoms with van der Waals surface area (Å²) < 4.78 is 0. The lowest BCUT2D eigenvalue weighted by molar-refractivity contribution is 0.0697. The van der Waals surface area contributed by atoms with Crippen LogP contribution in [0.25, 0.3) is 0 Å². The highest BCUT2D eigenvalue weighted by Gasteiger charge is 2.14. The van der Waals surface area contributed by atoms with Crippen molar-refractivity contribution >= 4 is 23.6 Å². The maximum absolute atomic E-state index is 11.1. The minimum absolute atomic E-state index is 0.106. The van der Waals surface area contributed by atoms with Gasteiger partial charge in [-0.05, 0) is 24.6 Å². The first-order valence-corrected chi connectivity index (χ1v) is 5.07. The van der Waals surface area contributed by atoms with E-state index in [-0.39, 0.29) is 28.7 Å². The van der Waals surface area contributed by atoms with Crippen molar-refractivity contribution in [1.29, 1.82) is 5.26 Å². The molecule has 0 unspecified atom stereocenters. The van der Waals surface area contributed by atoms with Crippen LogP contribution in [0.2, 0.25) is 0 Å². The maximum Gasteiger partial charge on any atom is 0.337 e. The van der Waals surface area contributed by atoms with Gasteiger partial charge in [0.15, 0.2) is 5.96 Å². The topological polar surface area (TPSA) is 164 Å². The van der Waals surface area contributed by atoms with Gasteiger partial charge in [0.1, 0.15) is 0 Å². The molecule has 0 spiro atoms. The van der Waals surface area contributed by atoms with Gasteiger partial charge in [-0.15, -0.1) is 0 Å². The van der Waals surface area contributed by atoms with Crippen molar-refractivity contribution in [3.63, 3.8) is 0 Å². The molecule has 0 atom stereocenters. The molecule has 0 fully saturated rings. The third kappa shape index (κ3) is 3.44. The van der Waals surface area contributed by atoms with Gasteiger partial charge in [-0.25, -0.2) is 9.79 Å². The zero-order chi connectivity index (χ0) is 14.6. The van der Waals surface area contributed by atoms with Crippen LogP contribution in [0, 0.1) is 18.3 Å². The molecule has 0 saturated carbocycles. The third-order valence-electron chi connectivity index (χ3n) is 2.13. The summed E-state index contributed by atoms with van der Waals surface area (Å²) in [7, 11) is 0. The largest absolute Gasteiger partial charge is 0.478 e. The molecule has 98 valence electrons. The number of rotatable bonds is 2. The molecule has 0 aliphatic carbocycles. The molecule has 1 aromatic carbocycles. The number of nitriles is 1. The Labute approximate surface area is 108 Å². The summed E-state index contributed by atoms with van der Waals surface area (Å²) in [5.74, 6) is -1.78. The zero-order valence-corrected chi connectivity index (χ0v) is 10.1. The van der Waals surface area contributed by atoms with Gasteiger partial charge in [0, 0.05) is 0 Å². The number of benzene rings is 1. The molecule has 19 heavy (non-hydrogen) atoms. The van der Waals surface area contributed by atoms with Crippen molar-refractivity contribution in [2.24, 2.45) is 27.2 Å². The van der Waals surface area contributed by atoms with E-state index in [9.17, 15) is 4.79 Å². The number of aliphatic imine (C=N–C) groups is 2. The second-order valence-corrected chi connectivity index (χ2v) is 3.61.